The topological polar surface area (TPSA) is 105 Å². The number of methoxy groups -OCH3 is 1. The van der Waals surface area contributed by atoms with Gasteiger partial charge >= 0.3 is 5.97 Å². The lowest BCUT2D eigenvalue weighted by atomic mass is 10.1. The molecule has 1 aromatic rings. The number of carbonyl (C=O) groups excluding carboxylic acids is 3. The monoisotopic (exact) mass is 522 g/mol. The Bertz CT molecular complexity index is 730. The Kier molecular flexibility index (Phi) is 16.2. The molecule has 0 aliphatic carbocycles. The number of halogens is 2. The standard InChI is InChI=1S/C22H34N4O4S.2ClH/c1-30-22(29)19(10-12-31-2)24-20(27)16-25(14-17-7-4-3-5-8-17)15-18-9-6-11-26(18)21(28)13-23;;/h3-5,7-8,18-19H,6,9-16,23H2,1-2H3,(H,24,27);2*1H/t18-,19-;;/m0../s1. The summed E-state index contributed by atoms with van der Waals surface area (Å²) in [5.41, 5.74) is 6.65. The summed E-state index contributed by atoms with van der Waals surface area (Å²) in [6, 6.07) is 9.26. The summed E-state index contributed by atoms with van der Waals surface area (Å²) in [6.45, 7) is 1.96. The van der Waals surface area contributed by atoms with Crippen LogP contribution in [0.5, 0.6) is 0 Å². The Morgan fingerprint density at radius 2 is 1.97 bits per heavy atom. The van der Waals surface area contributed by atoms with Crippen molar-refractivity contribution in [2.45, 2.75) is 37.9 Å². The maximum atomic E-state index is 12.8. The van der Waals surface area contributed by atoms with Gasteiger partial charge in [-0.2, -0.15) is 11.8 Å². The highest BCUT2D eigenvalue weighted by molar-refractivity contribution is 7.98. The predicted molar refractivity (Wildman–Crippen MR) is 137 cm³/mol. The molecule has 1 aliphatic rings. The fourth-order valence-electron chi connectivity index (χ4n) is 3.87. The second-order valence-electron chi connectivity index (χ2n) is 7.67. The van der Waals surface area contributed by atoms with Crippen LogP contribution in [0.3, 0.4) is 0 Å². The van der Waals surface area contributed by atoms with Gasteiger partial charge in [-0.25, -0.2) is 4.79 Å². The summed E-state index contributed by atoms with van der Waals surface area (Å²) in [4.78, 5) is 40.9. The molecule has 0 spiro atoms. The van der Waals surface area contributed by atoms with Gasteiger partial charge in [-0.3, -0.25) is 14.5 Å². The van der Waals surface area contributed by atoms with Crippen molar-refractivity contribution in [1.29, 1.82) is 0 Å². The smallest absolute Gasteiger partial charge is 0.328 e. The lowest BCUT2D eigenvalue weighted by Crippen LogP contribution is -2.49. The van der Waals surface area contributed by atoms with E-state index in [2.05, 4.69) is 5.32 Å². The Hall–Kier alpha value is -1.52. The van der Waals surface area contributed by atoms with Crippen molar-refractivity contribution in [3.05, 3.63) is 35.9 Å². The van der Waals surface area contributed by atoms with Crippen LogP contribution in [0, 0.1) is 0 Å². The van der Waals surface area contributed by atoms with Crippen molar-refractivity contribution in [3.63, 3.8) is 0 Å². The Balaban J connectivity index is 0.00000512. The summed E-state index contributed by atoms with van der Waals surface area (Å²) in [5.74, 6) is 0.00975. The lowest BCUT2D eigenvalue weighted by molar-refractivity contribution is -0.145. The second-order valence-corrected chi connectivity index (χ2v) is 8.65. The molecule has 8 nitrogen and oxygen atoms in total. The molecule has 1 heterocycles. The molecule has 33 heavy (non-hydrogen) atoms. The van der Waals surface area contributed by atoms with E-state index in [1.54, 1.807) is 11.8 Å². The number of nitrogens with zero attached hydrogens (tertiary/aromatic N) is 2. The zero-order valence-corrected chi connectivity index (χ0v) is 21.7. The van der Waals surface area contributed by atoms with Crippen LogP contribution in [0.15, 0.2) is 30.3 Å². The van der Waals surface area contributed by atoms with Crippen molar-refractivity contribution < 1.29 is 19.1 Å². The average molecular weight is 524 g/mol. The van der Waals surface area contributed by atoms with Crippen LogP contribution in [0.1, 0.15) is 24.8 Å². The number of likely N-dealkylation sites (tertiary alicyclic amines) is 1. The quantitative estimate of drug-likeness (QED) is 0.402. The predicted octanol–water partition coefficient (Wildman–Crippen LogP) is 1.69. The number of esters is 1. The van der Waals surface area contributed by atoms with Gasteiger partial charge in [0.15, 0.2) is 0 Å². The minimum Gasteiger partial charge on any atom is -0.467 e. The van der Waals surface area contributed by atoms with Crippen LogP contribution in [0.2, 0.25) is 0 Å². The number of carbonyl (C=O) groups is 3. The molecule has 1 fully saturated rings. The van der Waals surface area contributed by atoms with Crippen LogP contribution in [0.25, 0.3) is 0 Å². The van der Waals surface area contributed by atoms with E-state index in [1.165, 1.54) is 7.11 Å². The molecule has 188 valence electrons. The first-order valence-corrected chi connectivity index (χ1v) is 12.0. The molecule has 0 saturated carbocycles. The molecule has 0 unspecified atom stereocenters. The molecule has 1 saturated heterocycles. The van der Waals surface area contributed by atoms with E-state index >= 15 is 0 Å². The van der Waals surface area contributed by atoms with Gasteiger partial charge in [0.05, 0.1) is 20.2 Å². The first-order chi connectivity index (χ1) is 15.0. The molecular weight excluding hydrogens is 487 g/mol. The van der Waals surface area contributed by atoms with E-state index in [9.17, 15) is 14.4 Å². The van der Waals surface area contributed by atoms with Crippen molar-refractivity contribution in [3.8, 4) is 0 Å². The zero-order chi connectivity index (χ0) is 22.6. The largest absolute Gasteiger partial charge is 0.467 e. The number of amides is 2. The first-order valence-electron chi connectivity index (χ1n) is 10.6. The van der Waals surface area contributed by atoms with Gasteiger partial charge in [0.1, 0.15) is 6.04 Å². The summed E-state index contributed by atoms with van der Waals surface area (Å²) < 4.78 is 4.84. The molecule has 0 radical (unpaired) electrons. The molecule has 1 aromatic carbocycles. The number of hydrogen-bond acceptors (Lipinski definition) is 7. The number of thioether (sulfide) groups is 1. The number of nitrogens with two attached hydrogens (primary N) is 1. The molecule has 2 rings (SSSR count). The second kappa shape index (κ2) is 17.0. The van der Waals surface area contributed by atoms with Gasteiger partial charge in [0.25, 0.3) is 0 Å². The summed E-state index contributed by atoms with van der Waals surface area (Å²) in [7, 11) is 1.32. The van der Waals surface area contributed by atoms with Crippen LogP contribution in [0.4, 0.5) is 0 Å². The van der Waals surface area contributed by atoms with Crippen LogP contribution < -0.4 is 11.1 Å². The maximum Gasteiger partial charge on any atom is 0.328 e. The highest BCUT2D eigenvalue weighted by atomic mass is 35.5. The van der Waals surface area contributed by atoms with Crippen molar-refractivity contribution in [2.75, 3.05) is 45.3 Å². The van der Waals surface area contributed by atoms with E-state index in [0.717, 1.165) is 24.2 Å². The number of benzene rings is 1. The van der Waals surface area contributed by atoms with E-state index < -0.39 is 12.0 Å². The third-order valence-corrected chi connectivity index (χ3v) is 6.03. The Morgan fingerprint density at radius 1 is 1.27 bits per heavy atom. The molecule has 11 heteroatoms. The van der Waals surface area contributed by atoms with Gasteiger partial charge in [-0.1, -0.05) is 30.3 Å². The van der Waals surface area contributed by atoms with Crippen molar-refractivity contribution in [2.24, 2.45) is 5.73 Å². The van der Waals surface area contributed by atoms with Gasteiger partial charge in [0, 0.05) is 25.7 Å². The van der Waals surface area contributed by atoms with Crippen molar-refractivity contribution >= 4 is 54.4 Å². The molecular formula is C22H36Cl2N4O4S. The molecule has 2 amide bonds. The molecule has 2 atom stereocenters. The fourth-order valence-corrected chi connectivity index (χ4v) is 4.34. The number of hydrogen-bond donors (Lipinski definition) is 2. The van der Waals surface area contributed by atoms with Crippen LogP contribution >= 0.6 is 36.6 Å². The van der Waals surface area contributed by atoms with Gasteiger partial charge < -0.3 is 20.7 Å². The lowest BCUT2D eigenvalue weighted by Gasteiger charge is -2.31. The van der Waals surface area contributed by atoms with Crippen LogP contribution in [-0.2, 0) is 25.7 Å². The summed E-state index contributed by atoms with van der Waals surface area (Å²) >= 11 is 1.61. The van der Waals surface area contributed by atoms with Gasteiger partial charge in [-0.15, -0.1) is 24.8 Å². The third kappa shape index (κ3) is 10.5. The molecule has 3 N–H and O–H groups in total. The third-order valence-electron chi connectivity index (χ3n) is 5.39. The molecule has 0 aromatic heterocycles. The average Bonchev–Trinajstić information content (AvgIpc) is 3.24. The van der Waals surface area contributed by atoms with Crippen LogP contribution in [-0.4, -0.2) is 85.0 Å². The fraction of sp³-hybridized carbons (Fsp3) is 0.591. The van der Waals surface area contributed by atoms with E-state index in [1.807, 2.05) is 46.4 Å². The summed E-state index contributed by atoms with van der Waals surface area (Å²) in [6.07, 6.45) is 4.28. The first kappa shape index (κ1) is 31.5. The normalized spacial score (nSPS) is 15.9. The number of rotatable bonds is 12. The Labute approximate surface area is 213 Å². The highest BCUT2D eigenvalue weighted by Crippen LogP contribution is 2.19. The summed E-state index contributed by atoms with van der Waals surface area (Å²) in [5, 5.41) is 2.82. The van der Waals surface area contributed by atoms with E-state index in [-0.39, 0.29) is 55.8 Å². The van der Waals surface area contributed by atoms with Gasteiger partial charge in [-0.05, 0) is 36.8 Å². The molecule has 1 aliphatic heterocycles. The van der Waals surface area contributed by atoms with Gasteiger partial charge in [0.2, 0.25) is 11.8 Å². The minimum atomic E-state index is -0.662. The maximum absolute atomic E-state index is 12.8. The van der Waals surface area contributed by atoms with Crippen molar-refractivity contribution in [1.82, 2.24) is 15.1 Å². The van der Waals surface area contributed by atoms with E-state index in [4.69, 9.17) is 10.5 Å². The number of nitrogens with one attached hydrogen (secondary N) is 1. The highest BCUT2D eigenvalue weighted by Gasteiger charge is 2.30. The Morgan fingerprint density at radius 3 is 2.58 bits per heavy atom. The molecule has 0 bridgehead atoms. The van der Waals surface area contributed by atoms with E-state index in [0.29, 0.717) is 26.1 Å². The zero-order valence-electron chi connectivity index (χ0n) is 19.2. The minimum absolute atomic E-state index is 0. The number of ether oxygens (including phenoxy) is 1. The SMILES string of the molecule is COC(=O)[C@H](CCSC)NC(=O)CN(Cc1ccccc1)C[C@@H]1CCCN1C(=O)CN.Cl.Cl.